The molecule has 22 heavy (non-hydrogen) atoms. The van der Waals surface area contributed by atoms with Gasteiger partial charge in [0.2, 0.25) is 0 Å². The molecule has 0 aliphatic carbocycles. The van der Waals surface area contributed by atoms with Crippen LogP contribution in [0.1, 0.15) is 53.5 Å². The van der Waals surface area contributed by atoms with Crippen molar-refractivity contribution in [2.24, 2.45) is 0 Å². The number of nitrogens with one attached hydrogen (secondary N) is 1. The number of aromatic amines is 1. The average Bonchev–Trinajstić information content (AvgIpc) is 2.94. The standard InChI is InChI=1S/C16H21N3O3/c1-5-9(2)11-6-10(3)12(7-13(11)16(20)21)15-17-14(8-22-4)18-19-15/h6-7,9H,5,8H2,1-4H3,(H,20,21)(H,17,18,19). The van der Waals surface area contributed by atoms with Crippen molar-refractivity contribution < 1.29 is 14.6 Å². The Morgan fingerprint density at radius 3 is 2.73 bits per heavy atom. The molecular weight excluding hydrogens is 282 g/mol. The lowest BCUT2D eigenvalue weighted by molar-refractivity contribution is 0.0695. The van der Waals surface area contributed by atoms with E-state index in [0.29, 0.717) is 23.8 Å². The van der Waals surface area contributed by atoms with Gasteiger partial charge in [-0.25, -0.2) is 4.79 Å². The molecule has 2 N–H and O–H groups in total. The molecule has 0 spiro atoms. The van der Waals surface area contributed by atoms with Gasteiger partial charge in [0.05, 0.1) is 5.56 Å². The summed E-state index contributed by atoms with van der Waals surface area (Å²) in [5.74, 6) is 0.438. The van der Waals surface area contributed by atoms with Crippen LogP contribution in [0.5, 0.6) is 0 Å². The van der Waals surface area contributed by atoms with Crippen LogP contribution in [0.25, 0.3) is 11.4 Å². The van der Waals surface area contributed by atoms with Gasteiger partial charge in [0, 0.05) is 12.7 Å². The molecular formula is C16H21N3O3. The largest absolute Gasteiger partial charge is 0.478 e. The zero-order valence-corrected chi connectivity index (χ0v) is 13.3. The van der Waals surface area contributed by atoms with Crippen molar-refractivity contribution >= 4 is 5.97 Å². The zero-order valence-electron chi connectivity index (χ0n) is 13.3. The summed E-state index contributed by atoms with van der Waals surface area (Å²) < 4.78 is 5.01. The van der Waals surface area contributed by atoms with Gasteiger partial charge < -0.3 is 14.8 Å². The van der Waals surface area contributed by atoms with E-state index in [1.165, 1.54) is 0 Å². The number of carbonyl (C=O) groups is 1. The molecule has 118 valence electrons. The number of aryl methyl sites for hydroxylation is 1. The Morgan fingerprint density at radius 2 is 2.14 bits per heavy atom. The predicted molar refractivity (Wildman–Crippen MR) is 82.9 cm³/mol. The fourth-order valence-corrected chi connectivity index (χ4v) is 2.42. The number of aromatic nitrogens is 3. The second kappa shape index (κ2) is 6.70. The van der Waals surface area contributed by atoms with Crippen LogP contribution >= 0.6 is 0 Å². The summed E-state index contributed by atoms with van der Waals surface area (Å²) in [7, 11) is 1.58. The van der Waals surface area contributed by atoms with Gasteiger partial charge in [-0.2, -0.15) is 0 Å². The van der Waals surface area contributed by atoms with Crippen molar-refractivity contribution in [3.05, 3.63) is 34.6 Å². The summed E-state index contributed by atoms with van der Waals surface area (Å²) in [5.41, 5.74) is 2.90. The van der Waals surface area contributed by atoms with Crippen LogP contribution < -0.4 is 0 Å². The summed E-state index contributed by atoms with van der Waals surface area (Å²) in [6.07, 6.45) is 0.888. The fraction of sp³-hybridized carbons (Fsp3) is 0.438. The molecule has 6 nitrogen and oxygen atoms in total. The van der Waals surface area contributed by atoms with Gasteiger partial charge in [-0.3, -0.25) is 0 Å². The second-order valence-electron chi connectivity index (χ2n) is 5.42. The van der Waals surface area contributed by atoms with Crippen LogP contribution in [0.15, 0.2) is 12.1 Å². The van der Waals surface area contributed by atoms with E-state index in [4.69, 9.17) is 4.74 Å². The molecule has 0 saturated heterocycles. The number of hydrogen-bond donors (Lipinski definition) is 2. The monoisotopic (exact) mass is 303 g/mol. The van der Waals surface area contributed by atoms with Crippen molar-refractivity contribution in [3.63, 3.8) is 0 Å². The number of hydrogen-bond acceptors (Lipinski definition) is 4. The van der Waals surface area contributed by atoms with E-state index in [-0.39, 0.29) is 5.92 Å². The maximum absolute atomic E-state index is 11.6. The minimum absolute atomic E-state index is 0.192. The Morgan fingerprint density at radius 1 is 1.41 bits per heavy atom. The van der Waals surface area contributed by atoms with Crippen molar-refractivity contribution in [2.75, 3.05) is 7.11 Å². The third-order valence-corrected chi connectivity index (χ3v) is 3.84. The molecule has 2 rings (SSSR count). The van der Waals surface area contributed by atoms with Gasteiger partial charge in [-0.1, -0.05) is 19.9 Å². The van der Waals surface area contributed by atoms with Crippen LogP contribution in [-0.2, 0) is 11.3 Å². The highest BCUT2D eigenvalue weighted by Gasteiger charge is 2.19. The number of methoxy groups -OCH3 is 1. The molecule has 0 radical (unpaired) electrons. The van der Waals surface area contributed by atoms with Crippen LogP contribution in [0.4, 0.5) is 0 Å². The van der Waals surface area contributed by atoms with Crippen LogP contribution in [0, 0.1) is 6.92 Å². The van der Waals surface area contributed by atoms with Crippen LogP contribution in [0.2, 0.25) is 0 Å². The van der Waals surface area contributed by atoms with Gasteiger partial charge in [0.1, 0.15) is 6.61 Å². The maximum atomic E-state index is 11.6. The van der Waals surface area contributed by atoms with Crippen molar-refractivity contribution in [2.45, 2.75) is 39.7 Å². The van der Waals surface area contributed by atoms with E-state index < -0.39 is 5.97 Å². The highest BCUT2D eigenvalue weighted by atomic mass is 16.5. The molecule has 0 saturated carbocycles. The Hall–Kier alpha value is -2.21. The first-order chi connectivity index (χ1) is 10.5. The van der Waals surface area contributed by atoms with Gasteiger partial charge in [0.25, 0.3) is 0 Å². The number of aromatic carboxylic acids is 1. The molecule has 0 aliphatic heterocycles. The van der Waals surface area contributed by atoms with Gasteiger partial charge >= 0.3 is 5.97 Å². The number of rotatable bonds is 6. The number of carboxylic acids is 1. The Kier molecular flexibility index (Phi) is 4.92. The summed E-state index contributed by atoms with van der Waals surface area (Å²) in [4.78, 5) is 14.6. The zero-order chi connectivity index (χ0) is 16.3. The molecule has 0 fully saturated rings. The van der Waals surface area contributed by atoms with E-state index in [0.717, 1.165) is 23.1 Å². The Labute approximate surface area is 129 Å². The van der Waals surface area contributed by atoms with E-state index in [1.54, 1.807) is 13.2 Å². The molecule has 1 atom stereocenters. The number of carboxylic acid groups (broad SMARTS) is 1. The predicted octanol–water partition coefficient (Wildman–Crippen LogP) is 3.14. The molecule has 0 bridgehead atoms. The van der Waals surface area contributed by atoms with Gasteiger partial charge in [-0.05, 0) is 36.5 Å². The SMILES string of the molecule is CCC(C)c1cc(C)c(-c2nnc(COC)[nH]2)cc1C(=O)O. The first-order valence-electron chi connectivity index (χ1n) is 7.26. The van der Waals surface area contributed by atoms with Crippen molar-refractivity contribution in [1.29, 1.82) is 0 Å². The van der Waals surface area contributed by atoms with Gasteiger partial charge in [0.15, 0.2) is 11.6 Å². The first kappa shape index (κ1) is 16.2. The maximum Gasteiger partial charge on any atom is 0.335 e. The summed E-state index contributed by atoms with van der Waals surface area (Å²) in [5, 5.41) is 17.6. The topological polar surface area (TPSA) is 88.1 Å². The lowest BCUT2D eigenvalue weighted by atomic mass is 9.90. The van der Waals surface area contributed by atoms with Crippen LogP contribution in [-0.4, -0.2) is 33.4 Å². The van der Waals surface area contributed by atoms with E-state index in [2.05, 4.69) is 15.2 Å². The summed E-state index contributed by atoms with van der Waals surface area (Å²) >= 11 is 0. The number of ether oxygens (including phenoxy) is 1. The highest BCUT2D eigenvalue weighted by Crippen LogP contribution is 2.30. The molecule has 1 heterocycles. The number of nitrogens with zero attached hydrogens (tertiary/aromatic N) is 2. The van der Waals surface area contributed by atoms with E-state index in [1.807, 2.05) is 26.8 Å². The van der Waals surface area contributed by atoms with E-state index in [9.17, 15) is 9.90 Å². The molecule has 6 heteroatoms. The first-order valence-corrected chi connectivity index (χ1v) is 7.26. The molecule has 1 aromatic heterocycles. The fourth-order valence-electron chi connectivity index (χ4n) is 2.42. The lowest BCUT2D eigenvalue weighted by Crippen LogP contribution is -2.07. The number of H-pyrrole nitrogens is 1. The number of benzene rings is 1. The molecule has 2 aromatic rings. The second-order valence-corrected chi connectivity index (χ2v) is 5.42. The highest BCUT2D eigenvalue weighted by molar-refractivity contribution is 5.91. The Balaban J connectivity index is 2.52. The van der Waals surface area contributed by atoms with E-state index >= 15 is 0 Å². The molecule has 1 unspecified atom stereocenters. The molecule has 0 aliphatic rings. The summed E-state index contributed by atoms with van der Waals surface area (Å²) in [6.45, 7) is 6.37. The van der Waals surface area contributed by atoms with Crippen molar-refractivity contribution in [1.82, 2.24) is 15.2 Å². The Bertz CT molecular complexity index is 679. The molecule has 1 aromatic carbocycles. The minimum atomic E-state index is -0.923. The third-order valence-electron chi connectivity index (χ3n) is 3.84. The lowest BCUT2D eigenvalue weighted by Gasteiger charge is -2.15. The average molecular weight is 303 g/mol. The minimum Gasteiger partial charge on any atom is -0.478 e. The smallest absolute Gasteiger partial charge is 0.335 e. The van der Waals surface area contributed by atoms with Crippen molar-refractivity contribution in [3.8, 4) is 11.4 Å². The molecule has 0 amide bonds. The quantitative estimate of drug-likeness (QED) is 0.856. The van der Waals surface area contributed by atoms with Crippen LogP contribution in [0.3, 0.4) is 0 Å². The third kappa shape index (κ3) is 3.17. The normalized spacial score (nSPS) is 12.4. The van der Waals surface area contributed by atoms with Gasteiger partial charge in [-0.15, -0.1) is 10.2 Å². The summed E-state index contributed by atoms with van der Waals surface area (Å²) in [6, 6.07) is 3.61.